The number of alkyl carbamates (subject to hydrolysis) is 1. The lowest BCUT2D eigenvalue weighted by Gasteiger charge is -2.14. The number of ether oxygens (including phenoxy) is 1. The van der Waals surface area contributed by atoms with Gasteiger partial charge in [0.15, 0.2) is 0 Å². The van der Waals surface area contributed by atoms with E-state index in [1.54, 1.807) is 0 Å². The molecule has 0 aliphatic rings. The summed E-state index contributed by atoms with van der Waals surface area (Å²) in [6.45, 7) is 0.487. The Balaban J connectivity index is 0.00000361. The number of amides is 1. The molecule has 112 valence electrons. The van der Waals surface area contributed by atoms with Crippen molar-refractivity contribution in [3.05, 3.63) is 35.9 Å². The fourth-order valence-electron chi connectivity index (χ4n) is 1.49. The van der Waals surface area contributed by atoms with Crippen molar-refractivity contribution in [3.8, 4) is 0 Å². The second-order valence-electron chi connectivity index (χ2n) is 4.03. The Morgan fingerprint density at radius 1 is 1.30 bits per heavy atom. The molecule has 1 aromatic rings. The second-order valence-corrected chi connectivity index (χ2v) is 4.03. The van der Waals surface area contributed by atoms with Gasteiger partial charge >= 0.3 is 12.1 Å². The van der Waals surface area contributed by atoms with Gasteiger partial charge in [0, 0.05) is 0 Å². The smallest absolute Gasteiger partial charge is 0.408 e. The van der Waals surface area contributed by atoms with Gasteiger partial charge in [0.1, 0.15) is 12.6 Å². The van der Waals surface area contributed by atoms with Gasteiger partial charge in [-0.3, -0.25) is 0 Å². The zero-order valence-corrected chi connectivity index (χ0v) is 11.8. The van der Waals surface area contributed by atoms with Crippen molar-refractivity contribution in [1.82, 2.24) is 5.32 Å². The Kier molecular flexibility index (Phi) is 9.15. The molecule has 0 saturated carbocycles. The molecule has 6 nitrogen and oxygen atoms in total. The predicted molar refractivity (Wildman–Crippen MR) is 76.7 cm³/mol. The summed E-state index contributed by atoms with van der Waals surface area (Å²) in [5.74, 6) is -1.09. The third kappa shape index (κ3) is 6.96. The summed E-state index contributed by atoms with van der Waals surface area (Å²) in [6.07, 6.45) is 0.0654. The highest BCUT2D eigenvalue weighted by atomic mass is 35.5. The maximum atomic E-state index is 11.5. The van der Waals surface area contributed by atoms with E-state index in [2.05, 4.69) is 5.32 Å². The lowest BCUT2D eigenvalue weighted by Crippen LogP contribution is -2.41. The van der Waals surface area contributed by atoms with E-state index in [0.717, 1.165) is 5.56 Å². The number of carboxylic acid groups (broad SMARTS) is 1. The van der Waals surface area contributed by atoms with Gasteiger partial charge in [0.2, 0.25) is 0 Å². The Morgan fingerprint density at radius 2 is 1.95 bits per heavy atom. The van der Waals surface area contributed by atoms with E-state index in [9.17, 15) is 9.59 Å². The number of carboxylic acids is 1. The average Bonchev–Trinajstić information content (AvgIpc) is 2.42. The summed E-state index contributed by atoms with van der Waals surface area (Å²) < 4.78 is 4.94. The zero-order valence-electron chi connectivity index (χ0n) is 11.0. The van der Waals surface area contributed by atoms with Crippen LogP contribution in [0.5, 0.6) is 0 Å². The molecule has 1 amide bonds. The van der Waals surface area contributed by atoms with Gasteiger partial charge in [0.05, 0.1) is 0 Å². The summed E-state index contributed by atoms with van der Waals surface area (Å²) in [4.78, 5) is 22.4. The predicted octanol–water partition coefficient (Wildman–Crippen LogP) is 1.53. The number of rotatable bonds is 7. The number of aliphatic carboxylic acids is 1. The number of carbonyl (C=O) groups is 2. The van der Waals surface area contributed by atoms with E-state index in [1.165, 1.54) is 0 Å². The molecule has 0 aromatic heterocycles. The Morgan fingerprint density at radius 3 is 2.50 bits per heavy atom. The minimum atomic E-state index is -1.09. The number of benzene rings is 1. The molecule has 0 aliphatic heterocycles. The van der Waals surface area contributed by atoms with Crippen molar-refractivity contribution in [2.24, 2.45) is 5.73 Å². The normalized spacial score (nSPS) is 11.1. The fraction of sp³-hybridized carbons (Fsp3) is 0.385. The largest absolute Gasteiger partial charge is 0.480 e. The number of nitrogens with two attached hydrogens (primary N) is 1. The highest BCUT2D eigenvalue weighted by molar-refractivity contribution is 5.85. The standard InChI is InChI=1S/C13H18N2O4.ClH/c14-8-4-7-11(12(16)17)15-13(18)19-9-10-5-2-1-3-6-10;/h1-3,5-6,11H,4,7-9,14H2,(H,15,18)(H,16,17);1H/t11-;/m0./s1. The quantitative estimate of drug-likeness (QED) is 0.709. The minimum Gasteiger partial charge on any atom is -0.480 e. The minimum absolute atomic E-state index is 0. The molecule has 0 bridgehead atoms. The summed E-state index contributed by atoms with van der Waals surface area (Å²) >= 11 is 0. The van der Waals surface area contributed by atoms with Crippen molar-refractivity contribution < 1.29 is 19.4 Å². The molecule has 0 radical (unpaired) electrons. The van der Waals surface area contributed by atoms with Crippen molar-refractivity contribution >= 4 is 24.5 Å². The van der Waals surface area contributed by atoms with Crippen LogP contribution < -0.4 is 11.1 Å². The first-order chi connectivity index (χ1) is 9.13. The van der Waals surface area contributed by atoms with Crippen molar-refractivity contribution in [2.45, 2.75) is 25.5 Å². The van der Waals surface area contributed by atoms with Crippen LogP contribution in [0.2, 0.25) is 0 Å². The molecule has 1 aromatic carbocycles. The molecule has 0 unspecified atom stereocenters. The van der Waals surface area contributed by atoms with Crippen LogP contribution in [-0.2, 0) is 16.1 Å². The van der Waals surface area contributed by atoms with Crippen LogP contribution in [0.25, 0.3) is 0 Å². The number of nitrogens with one attached hydrogen (secondary N) is 1. The molecule has 0 aliphatic carbocycles. The molecule has 0 saturated heterocycles. The topological polar surface area (TPSA) is 102 Å². The highest BCUT2D eigenvalue weighted by Crippen LogP contribution is 2.02. The molecule has 0 fully saturated rings. The maximum Gasteiger partial charge on any atom is 0.408 e. The molecule has 4 N–H and O–H groups in total. The van der Waals surface area contributed by atoms with Crippen LogP contribution in [-0.4, -0.2) is 29.8 Å². The molecule has 0 heterocycles. The Hall–Kier alpha value is -1.79. The van der Waals surface area contributed by atoms with Crippen molar-refractivity contribution in [1.29, 1.82) is 0 Å². The average molecular weight is 303 g/mol. The first kappa shape index (κ1) is 18.2. The Bertz CT molecular complexity index is 414. The van der Waals surface area contributed by atoms with Crippen LogP contribution in [0.1, 0.15) is 18.4 Å². The van der Waals surface area contributed by atoms with E-state index < -0.39 is 18.1 Å². The monoisotopic (exact) mass is 302 g/mol. The molecule has 0 spiro atoms. The first-order valence-electron chi connectivity index (χ1n) is 6.03. The zero-order chi connectivity index (χ0) is 14.1. The van der Waals surface area contributed by atoms with Gasteiger partial charge < -0.3 is 20.9 Å². The third-order valence-corrected chi connectivity index (χ3v) is 2.50. The van der Waals surface area contributed by atoms with Gasteiger partial charge in [-0.1, -0.05) is 30.3 Å². The summed E-state index contributed by atoms with van der Waals surface area (Å²) in [5, 5.41) is 11.2. The number of hydrogen-bond acceptors (Lipinski definition) is 4. The van der Waals surface area contributed by atoms with E-state index in [4.69, 9.17) is 15.6 Å². The number of hydrogen-bond donors (Lipinski definition) is 3. The summed E-state index contributed by atoms with van der Waals surface area (Å²) in [6, 6.07) is 8.19. The van der Waals surface area contributed by atoms with E-state index >= 15 is 0 Å². The third-order valence-electron chi connectivity index (χ3n) is 2.50. The highest BCUT2D eigenvalue weighted by Gasteiger charge is 2.19. The molecule has 20 heavy (non-hydrogen) atoms. The van der Waals surface area contributed by atoms with Gasteiger partial charge in [-0.05, 0) is 24.9 Å². The van der Waals surface area contributed by atoms with Crippen molar-refractivity contribution in [2.75, 3.05) is 6.54 Å². The van der Waals surface area contributed by atoms with Crippen LogP contribution in [0.3, 0.4) is 0 Å². The maximum absolute atomic E-state index is 11.5. The summed E-state index contributed by atoms with van der Waals surface area (Å²) in [5.41, 5.74) is 6.14. The molecule has 1 atom stereocenters. The molecule has 1 rings (SSSR count). The Labute approximate surface area is 123 Å². The van der Waals surface area contributed by atoms with Crippen LogP contribution in [0, 0.1) is 0 Å². The van der Waals surface area contributed by atoms with E-state index in [0.29, 0.717) is 13.0 Å². The number of halogens is 1. The van der Waals surface area contributed by atoms with E-state index in [-0.39, 0.29) is 25.4 Å². The fourth-order valence-corrected chi connectivity index (χ4v) is 1.49. The van der Waals surface area contributed by atoms with Crippen LogP contribution >= 0.6 is 12.4 Å². The van der Waals surface area contributed by atoms with Gasteiger partial charge in [-0.25, -0.2) is 9.59 Å². The lowest BCUT2D eigenvalue weighted by atomic mass is 10.1. The van der Waals surface area contributed by atoms with Gasteiger partial charge in [-0.2, -0.15) is 0 Å². The molecular weight excluding hydrogens is 284 g/mol. The van der Waals surface area contributed by atoms with Gasteiger partial charge in [-0.15, -0.1) is 12.4 Å². The van der Waals surface area contributed by atoms with Crippen LogP contribution in [0.15, 0.2) is 30.3 Å². The van der Waals surface area contributed by atoms with Crippen LogP contribution in [0.4, 0.5) is 4.79 Å². The van der Waals surface area contributed by atoms with Crippen molar-refractivity contribution in [3.63, 3.8) is 0 Å². The van der Waals surface area contributed by atoms with E-state index in [1.807, 2.05) is 30.3 Å². The first-order valence-corrected chi connectivity index (χ1v) is 6.03. The number of carbonyl (C=O) groups excluding carboxylic acids is 1. The molecular formula is C13H19ClN2O4. The SMILES string of the molecule is Cl.NCCC[C@H](NC(=O)OCc1ccccc1)C(=O)O. The molecule has 7 heteroatoms. The lowest BCUT2D eigenvalue weighted by molar-refractivity contribution is -0.139. The van der Waals surface area contributed by atoms with Gasteiger partial charge in [0.25, 0.3) is 0 Å². The second kappa shape index (κ2) is 10.1. The summed E-state index contributed by atoms with van der Waals surface area (Å²) in [7, 11) is 0.